The molecule has 1 aliphatic heterocycles. The molecule has 0 fully saturated rings. The van der Waals surface area contributed by atoms with E-state index >= 15 is 0 Å². The normalized spacial score (nSPS) is 21.6. The van der Waals surface area contributed by atoms with Crippen LogP contribution in [0.1, 0.15) is 37.2 Å². The van der Waals surface area contributed by atoms with Gasteiger partial charge in [0.15, 0.2) is 0 Å². The molecule has 0 aliphatic carbocycles. The number of nitro benzene ring substituents is 2. The van der Waals surface area contributed by atoms with Crippen molar-refractivity contribution in [3.63, 3.8) is 0 Å². The van der Waals surface area contributed by atoms with E-state index < -0.39 is 15.8 Å². The number of nitrogens with zero attached hydrogens (tertiary/aromatic N) is 3. The predicted molar refractivity (Wildman–Crippen MR) is 101 cm³/mol. The number of carbonyl (C=O) groups is 1. The van der Waals surface area contributed by atoms with Gasteiger partial charge in [0, 0.05) is 41.1 Å². The number of hydrogen-bond donors (Lipinski definition) is 1. The Morgan fingerprint density at radius 3 is 1.82 bits per heavy atom. The molecule has 9 heteroatoms. The van der Waals surface area contributed by atoms with Gasteiger partial charge < -0.3 is 5.32 Å². The average molecular weight is 383 g/mol. The Morgan fingerprint density at radius 1 is 0.929 bits per heavy atom. The first-order valence-corrected chi connectivity index (χ1v) is 8.66. The molecule has 1 heterocycles. The van der Waals surface area contributed by atoms with Crippen LogP contribution >= 0.6 is 0 Å². The van der Waals surface area contributed by atoms with Gasteiger partial charge in [-0.1, -0.05) is 0 Å². The molecular formula is C19H19N4O5+. The molecule has 0 amide bonds. The molecular weight excluding hydrogens is 364 g/mol. The largest absolute Gasteiger partial charge is 0.314 e. The highest BCUT2D eigenvalue weighted by Gasteiger charge is 2.39. The molecule has 0 bridgehead atoms. The zero-order valence-corrected chi connectivity index (χ0v) is 15.3. The molecule has 2 N–H and O–H groups in total. The van der Waals surface area contributed by atoms with E-state index in [2.05, 4.69) is 4.99 Å². The van der Waals surface area contributed by atoms with Gasteiger partial charge in [0.05, 0.1) is 9.85 Å². The summed E-state index contributed by atoms with van der Waals surface area (Å²) in [5.74, 6) is -0.487. The summed E-state index contributed by atoms with van der Waals surface area (Å²) >= 11 is 0. The number of Topliss-reactive ketones (excluding diaryl/α,β-unsaturated/α-hetero) is 1. The van der Waals surface area contributed by atoms with Gasteiger partial charge in [-0.05, 0) is 38.1 Å². The Bertz CT molecular complexity index is 953. The Hall–Kier alpha value is -3.46. The van der Waals surface area contributed by atoms with Crippen LogP contribution in [0.4, 0.5) is 11.4 Å². The number of aliphatic imine (C=N–C) groups is 1. The van der Waals surface area contributed by atoms with Crippen molar-refractivity contribution in [3.8, 4) is 0 Å². The molecule has 3 rings (SSSR count). The van der Waals surface area contributed by atoms with E-state index in [1.54, 1.807) is 31.2 Å². The zero-order chi connectivity index (χ0) is 20.4. The summed E-state index contributed by atoms with van der Waals surface area (Å²) in [6, 6.07) is 12.0. The number of hydrogen-bond acceptors (Lipinski definition) is 6. The second-order valence-electron chi connectivity index (χ2n) is 6.72. The van der Waals surface area contributed by atoms with Crippen LogP contribution in [0.25, 0.3) is 0 Å². The predicted octanol–water partition coefficient (Wildman–Crippen LogP) is 2.49. The van der Waals surface area contributed by atoms with Crippen molar-refractivity contribution in [2.45, 2.75) is 26.1 Å². The highest BCUT2D eigenvalue weighted by molar-refractivity contribution is 6.04. The SMILES string of the molecule is CC(=O)C1C(C)=N[C@@H](c2ccc([N+](=O)[O-])cc2)[NH2+][C@@H]1c1ccc([N+](=O)[O-])cc1. The van der Waals surface area contributed by atoms with Gasteiger partial charge in [-0.15, -0.1) is 0 Å². The zero-order valence-electron chi connectivity index (χ0n) is 15.3. The van der Waals surface area contributed by atoms with Crippen LogP contribution in [-0.2, 0) is 4.79 Å². The van der Waals surface area contributed by atoms with Crippen LogP contribution in [0.3, 0.4) is 0 Å². The number of nitrogens with two attached hydrogens (primary N) is 1. The summed E-state index contributed by atoms with van der Waals surface area (Å²) in [4.78, 5) is 37.7. The van der Waals surface area contributed by atoms with E-state index in [1.165, 1.54) is 31.2 Å². The van der Waals surface area contributed by atoms with Gasteiger partial charge >= 0.3 is 0 Å². The van der Waals surface area contributed by atoms with E-state index in [0.29, 0.717) is 5.71 Å². The molecule has 2 aromatic carbocycles. The number of quaternary nitrogens is 1. The van der Waals surface area contributed by atoms with Gasteiger partial charge in [0.25, 0.3) is 11.4 Å². The van der Waals surface area contributed by atoms with Gasteiger partial charge in [0.2, 0.25) is 6.17 Å². The molecule has 0 saturated heterocycles. The molecule has 9 nitrogen and oxygen atoms in total. The summed E-state index contributed by atoms with van der Waals surface area (Å²) in [5.41, 5.74) is 2.21. The third-order valence-electron chi connectivity index (χ3n) is 4.91. The standard InChI is InChI=1S/C19H18N4O5/c1-11-17(12(2)24)18(13-3-7-15(8-4-13)22(25)26)21-19(20-11)14-5-9-16(10-6-14)23(27)28/h3-10,17-19,21H,1-2H3/p+1/t17?,18-,19-/m1/s1. The Labute approximate surface area is 160 Å². The molecule has 1 unspecified atom stereocenters. The van der Waals surface area contributed by atoms with Crippen molar-refractivity contribution < 1.29 is 20.0 Å². The van der Waals surface area contributed by atoms with Gasteiger partial charge in [0.1, 0.15) is 17.7 Å². The van der Waals surface area contributed by atoms with Crippen LogP contribution in [0, 0.1) is 26.1 Å². The Morgan fingerprint density at radius 2 is 1.39 bits per heavy atom. The molecule has 144 valence electrons. The molecule has 1 aliphatic rings. The van der Waals surface area contributed by atoms with Crippen molar-refractivity contribution in [2.75, 3.05) is 0 Å². The monoisotopic (exact) mass is 383 g/mol. The summed E-state index contributed by atoms with van der Waals surface area (Å²) in [5, 5.41) is 23.7. The smallest absolute Gasteiger partial charge is 0.269 e. The van der Waals surface area contributed by atoms with Crippen LogP contribution in [0.15, 0.2) is 53.5 Å². The van der Waals surface area contributed by atoms with E-state index in [4.69, 9.17) is 0 Å². The lowest BCUT2D eigenvalue weighted by Gasteiger charge is -2.31. The lowest BCUT2D eigenvalue weighted by atomic mass is 9.84. The second-order valence-corrected chi connectivity index (χ2v) is 6.72. The molecule has 0 radical (unpaired) electrons. The third kappa shape index (κ3) is 3.79. The fourth-order valence-electron chi connectivity index (χ4n) is 3.56. The minimum absolute atomic E-state index is 0.00575. The Balaban J connectivity index is 1.96. The van der Waals surface area contributed by atoms with E-state index in [9.17, 15) is 25.0 Å². The maximum atomic E-state index is 12.2. The summed E-state index contributed by atoms with van der Waals surface area (Å²) < 4.78 is 0. The van der Waals surface area contributed by atoms with Crippen molar-refractivity contribution in [3.05, 3.63) is 79.9 Å². The first-order valence-electron chi connectivity index (χ1n) is 8.66. The van der Waals surface area contributed by atoms with Gasteiger partial charge in [-0.3, -0.25) is 25.0 Å². The van der Waals surface area contributed by atoms with Gasteiger partial charge in [-0.2, -0.15) is 0 Å². The molecule has 0 saturated carbocycles. The fraction of sp³-hybridized carbons (Fsp3) is 0.263. The van der Waals surface area contributed by atoms with Crippen molar-refractivity contribution in [1.29, 1.82) is 0 Å². The Kier molecular flexibility index (Phi) is 5.27. The highest BCUT2D eigenvalue weighted by Crippen LogP contribution is 2.29. The molecule has 0 aromatic heterocycles. The number of nitro groups is 2. The van der Waals surface area contributed by atoms with E-state index in [-0.39, 0.29) is 29.4 Å². The number of carbonyl (C=O) groups excluding carboxylic acids is 1. The van der Waals surface area contributed by atoms with Crippen molar-refractivity contribution >= 4 is 22.9 Å². The van der Waals surface area contributed by atoms with Gasteiger partial charge in [-0.25, -0.2) is 4.99 Å². The van der Waals surface area contributed by atoms with E-state index in [0.717, 1.165) is 11.1 Å². The number of rotatable bonds is 5. The van der Waals surface area contributed by atoms with E-state index in [1.807, 2.05) is 5.32 Å². The number of non-ortho nitro benzene ring substituents is 2. The number of ketones is 1. The fourth-order valence-corrected chi connectivity index (χ4v) is 3.56. The highest BCUT2D eigenvalue weighted by atomic mass is 16.6. The number of benzene rings is 2. The lowest BCUT2D eigenvalue weighted by Crippen LogP contribution is -2.89. The third-order valence-corrected chi connectivity index (χ3v) is 4.91. The molecule has 2 aromatic rings. The molecule has 0 spiro atoms. The second kappa shape index (κ2) is 7.65. The summed E-state index contributed by atoms with van der Waals surface area (Å²) in [7, 11) is 0. The maximum Gasteiger partial charge on any atom is 0.269 e. The van der Waals surface area contributed by atoms with Crippen LogP contribution in [-0.4, -0.2) is 21.3 Å². The topological polar surface area (TPSA) is 132 Å². The maximum absolute atomic E-state index is 12.2. The minimum Gasteiger partial charge on any atom is -0.314 e. The van der Waals surface area contributed by atoms with Crippen LogP contribution < -0.4 is 5.32 Å². The summed E-state index contributed by atoms with van der Waals surface area (Å²) in [6.45, 7) is 3.29. The summed E-state index contributed by atoms with van der Waals surface area (Å²) in [6.07, 6.45) is -0.364. The first-order chi connectivity index (χ1) is 13.3. The minimum atomic E-state index is -0.469. The first kappa shape index (κ1) is 19.3. The van der Waals surface area contributed by atoms with Crippen molar-refractivity contribution in [2.24, 2.45) is 10.9 Å². The van der Waals surface area contributed by atoms with Crippen molar-refractivity contribution in [1.82, 2.24) is 0 Å². The van der Waals surface area contributed by atoms with Crippen LogP contribution in [0.2, 0.25) is 0 Å². The average Bonchev–Trinajstić information content (AvgIpc) is 2.67. The molecule has 3 atom stereocenters. The molecule has 28 heavy (non-hydrogen) atoms. The quantitative estimate of drug-likeness (QED) is 0.625. The van der Waals surface area contributed by atoms with Crippen LogP contribution in [0.5, 0.6) is 0 Å². The lowest BCUT2D eigenvalue weighted by molar-refractivity contribution is -0.738.